The van der Waals surface area contributed by atoms with E-state index in [4.69, 9.17) is 0 Å². The maximum Gasteiger partial charge on any atom is 0.254 e. The predicted octanol–water partition coefficient (Wildman–Crippen LogP) is 1.86. The molecule has 2 aliphatic rings. The standard InChI is InChI=1S/C19H20N2O3S/c22-17-11(9-25-12-4-2-1-3-5-12)8-15(18(17)23)13-6-7-14-16(13)20-10-21-19(14)24/h1-6,10-11,15,17-18,22-23H,7-9H2,(H,20,21,24)/t11-,15+,17-,18+/m1/s1. The lowest BCUT2D eigenvalue weighted by Gasteiger charge is -2.18. The third-order valence-corrected chi connectivity index (χ3v) is 6.36. The number of aliphatic hydroxyl groups excluding tert-OH is 2. The molecule has 6 heteroatoms. The third-order valence-electron chi connectivity index (χ3n) is 5.16. The number of H-pyrrole nitrogens is 1. The van der Waals surface area contributed by atoms with Crippen LogP contribution < -0.4 is 5.56 Å². The lowest BCUT2D eigenvalue weighted by Crippen LogP contribution is -2.29. The predicted molar refractivity (Wildman–Crippen MR) is 97.3 cm³/mol. The summed E-state index contributed by atoms with van der Waals surface area (Å²) in [5, 5.41) is 21.1. The van der Waals surface area contributed by atoms with Crippen LogP contribution >= 0.6 is 11.8 Å². The Morgan fingerprint density at radius 1 is 1.20 bits per heavy atom. The molecule has 2 aromatic rings. The zero-order chi connectivity index (χ0) is 17.4. The van der Waals surface area contributed by atoms with Crippen molar-refractivity contribution in [3.63, 3.8) is 0 Å². The maximum absolute atomic E-state index is 11.9. The first kappa shape index (κ1) is 16.6. The Labute approximate surface area is 149 Å². The van der Waals surface area contributed by atoms with Crippen molar-refractivity contribution in [2.45, 2.75) is 29.9 Å². The summed E-state index contributed by atoms with van der Waals surface area (Å²) < 4.78 is 0. The summed E-state index contributed by atoms with van der Waals surface area (Å²) in [7, 11) is 0. The molecule has 0 saturated heterocycles. The van der Waals surface area contributed by atoms with Gasteiger partial charge in [0.25, 0.3) is 5.56 Å². The van der Waals surface area contributed by atoms with Crippen molar-refractivity contribution in [3.05, 3.63) is 64.3 Å². The average Bonchev–Trinajstić information content (AvgIpc) is 3.18. The number of aromatic nitrogens is 2. The lowest BCUT2D eigenvalue weighted by molar-refractivity contribution is 0.0160. The second-order valence-electron chi connectivity index (χ2n) is 6.63. The van der Waals surface area contributed by atoms with Gasteiger partial charge >= 0.3 is 0 Å². The summed E-state index contributed by atoms with van der Waals surface area (Å²) in [5.74, 6) is 0.589. The van der Waals surface area contributed by atoms with Gasteiger partial charge in [0.2, 0.25) is 0 Å². The molecule has 4 rings (SSSR count). The van der Waals surface area contributed by atoms with E-state index in [-0.39, 0.29) is 17.4 Å². The van der Waals surface area contributed by atoms with Crippen LogP contribution in [0, 0.1) is 11.8 Å². The molecule has 4 atom stereocenters. The summed E-state index contributed by atoms with van der Waals surface area (Å²) in [6.45, 7) is 0. The van der Waals surface area contributed by atoms with Crippen LogP contribution in [0.25, 0.3) is 5.57 Å². The van der Waals surface area contributed by atoms with E-state index in [9.17, 15) is 15.0 Å². The maximum atomic E-state index is 11.9. The molecule has 1 fully saturated rings. The molecular weight excluding hydrogens is 336 g/mol. The molecule has 25 heavy (non-hydrogen) atoms. The van der Waals surface area contributed by atoms with Crippen LogP contribution in [-0.4, -0.2) is 38.1 Å². The van der Waals surface area contributed by atoms with Crippen LogP contribution in [0.15, 0.2) is 52.4 Å². The Kier molecular flexibility index (Phi) is 4.50. The SMILES string of the molecule is O=c1[nH]cnc2c1CC=C2[C@@H]1C[C@H](CSc2ccccc2)[C@@H](O)[C@H]1O. The van der Waals surface area contributed by atoms with Crippen LogP contribution in [-0.2, 0) is 6.42 Å². The smallest absolute Gasteiger partial charge is 0.254 e. The molecule has 5 nitrogen and oxygen atoms in total. The van der Waals surface area contributed by atoms with Gasteiger partial charge < -0.3 is 15.2 Å². The number of aliphatic hydroxyl groups is 2. The molecule has 0 radical (unpaired) electrons. The van der Waals surface area contributed by atoms with Crippen molar-refractivity contribution in [1.82, 2.24) is 9.97 Å². The number of hydrogen-bond acceptors (Lipinski definition) is 5. The molecule has 1 aromatic heterocycles. The summed E-state index contributed by atoms with van der Waals surface area (Å²) in [6, 6.07) is 10.1. The van der Waals surface area contributed by atoms with E-state index < -0.39 is 12.2 Å². The molecule has 0 unspecified atom stereocenters. The largest absolute Gasteiger partial charge is 0.390 e. The first-order valence-electron chi connectivity index (χ1n) is 8.46. The summed E-state index contributed by atoms with van der Waals surface area (Å²) in [6.07, 6.45) is 3.03. The van der Waals surface area contributed by atoms with Crippen molar-refractivity contribution in [2.75, 3.05) is 5.75 Å². The number of aromatic amines is 1. The first-order valence-corrected chi connectivity index (χ1v) is 9.44. The van der Waals surface area contributed by atoms with Crippen LogP contribution in [0.4, 0.5) is 0 Å². The van der Waals surface area contributed by atoms with Gasteiger partial charge in [-0.3, -0.25) is 4.79 Å². The number of fused-ring (bicyclic) bond motifs is 1. The van der Waals surface area contributed by atoms with E-state index in [1.54, 1.807) is 11.8 Å². The van der Waals surface area contributed by atoms with Gasteiger partial charge in [-0.05, 0) is 36.5 Å². The van der Waals surface area contributed by atoms with Gasteiger partial charge in [-0.25, -0.2) is 4.98 Å². The number of hydrogen-bond donors (Lipinski definition) is 3. The van der Waals surface area contributed by atoms with Crippen LogP contribution in [0.2, 0.25) is 0 Å². The number of nitrogens with one attached hydrogen (secondary N) is 1. The topological polar surface area (TPSA) is 86.2 Å². The minimum Gasteiger partial charge on any atom is -0.390 e. The fourth-order valence-electron chi connectivity index (χ4n) is 3.82. The zero-order valence-corrected chi connectivity index (χ0v) is 14.4. The van der Waals surface area contributed by atoms with Crippen molar-refractivity contribution in [3.8, 4) is 0 Å². The van der Waals surface area contributed by atoms with Gasteiger partial charge in [0.1, 0.15) is 0 Å². The van der Waals surface area contributed by atoms with Gasteiger partial charge in [0.15, 0.2) is 0 Å². The van der Waals surface area contributed by atoms with Crippen molar-refractivity contribution >= 4 is 17.3 Å². The molecule has 1 heterocycles. The second-order valence-corrected chi connectivity index (χ2v) is 7.72. The van der Waals surface area contributed by atoms with Crippen molar-refractivity contribution in [1.29, 1.82) is 0 Å². The van der Waals surface area contributed by atoms with Crippen molar-refractivity contribution in [2.24, 2.45) is 11.8 Å². The zero-order valence-electron chi connectivity index (χ0n) is 13.6. The van der Waals surface area contributed by atoms with Crippen LogP contribution in [0.1, 0.15) is 17.7 Å². The number of allylic oxidation sites excluding steroid dienone is 1. The third kappa shape index (κ3) is 3.05. The summed E-state index contributed by atoms with van der Waals surface area (Å²) in [4.78, 5) is 20.0. The molecule has 0 amide bonds. The first-order chi connectivity index (χ1) is 12.1. The Bertz CT molecular complexity index is 849. The second kappa shape index (κ2) is 6.78. The number of thioether (sulfide) groups is 1. The average molecular weight is 356 g/mol. The summed E-state index contributed by atoms with van der Waals surface area (Å²) in [5.41, 5.74) is 2.11. The van der Waals surface area contributed by atoms with E-state index in [2.05, 4.69) is 9.97 Å². The Morgan fingerprint density at radius 3 is 2.80 bits per heavy atom. The Balaban J connectivity index is 1.50. The molecule has 2 aliphatic carbocycles. The number of nitrogens with zero attached hydrogens (tertiary/aromatic N) is 1. The molecule has 0 aliphatic heterocycles. The fraction of sp³-hybridized carbons (Fsp3) is 0.368. The normalized spacial score (nSPS) is 28.0. The molecule has 1 saturated carbocycles. The Hall–Kier alpha value is -1.89. The van der Waals surface area contributed by atoms with Crippen LogP contribution in [0.5, 0.6) is 0 Å². The van der Waals surface area contributed by atoms with Crippen LogP contribution in [0.3, 0.4) is 0 Å². The molecular formula is C19H20N2O3S. The van der Waals surface area contributed by atoms with Gasteiger partial charge in [0, 0.05) is 22.1 Å². The Morgan fingerprint density at radius 2 is 2.00 bits per heavy atom. The molecule has 1 aromatic carbocycles. The van der Waals surface area contributed by atoms with Gasteiger partial charge in [-0.2, -0.15) is 0 Å². The highest BCUT2D eigenvalue weighted by atomic mass is 32.2. The molecule has 130 valence electrons. The number of rotatable bonds is 4. The summed E-state index contributed by atoms with van der Waals surface area (Å²) >= 11 is 1.69. The van der Waals surface area contributed by atoms with Gasteiger partial charge in [-0.15, -0.1) is 11.8 Å². The quantitative estimate of drug-likeness (QED) is 0.728. The highest BCUT2D eigenvalue weighted by Gasteiger charge is 2.44. The van der Waals surface area contributed by atoms with Gasteiger partial charge in [-0.1, -0.05) is 24.3 Å². The highest BCUT2D eigenvalue weighted by Crippen LogP contribution is 2.43. The minimum absolute atomic E-state index is 0.0113. The molecule has 3 N–H and O–H groups in total. The van der Waals surface area contributed by atoms with Gasteiger partial charge in [0.05, 0.1) is 24.2 Å². The van der Waals surface area contributed by atoms with E-state index in [1.807, 2.05) is 36.4 Å². The molecule has 0 bridgehead atoms. The molecule has 0 spiro atoms. The lowest BCUT2D eigenvalue weighted by atomic mass is 9.93. The number of benzene rings is 1. The van der Waals surface area contributed by atoms with E-state index in [1.165, 1.54) is 6.33 Å². The minimum atomic E-state index is -0.820. The van der Waals surface area contributed by atoms with Crippen molar-refractivity contribution < 1.29 is 10.2 Å². The van der Waals surface area contributed by atoms with E-state index in [0.29, 0.717) is 24.1 Å². The highest BCUT2D eigenvalue weighted by molar-refractivity contribution is 7.99. The monoisotopic (exact) mass is 356 g/mol. The fourth-order valence-corrected chi connectivity index (χ4v) is 4.91. The van der Waals surface area contributed by atoms with E-state index in [0.717, 1.165) is 16.2 Å². The van der Waals surface area contributed by atoms with E-state index >= 15 is 0 Å².